The molecule has 0 heterocycles. The number of rotatable bonds is 8. The molecule has 0 aliphatic heterocycles. The molecule has 0 radical (unpaired) electrons. The van der Waals surface area contributed by atoms with Crippen molar-refractivity contribution in [2.45, 2.75) is 39.5 Å². The molecule has 0 aromatic heterocycles. The van der Waals surface area contributed by atoms with E-state index in [0.717, 1.165) is 12.0 Å². The van der Waals surface area contributed by atoms with Gasteiger partial charge in [-0.05, 0) is 44.4 Å². The Morgan fingerprint density at radius 1 is 1.15 bits per heavy atom. The number of allylic oxidation sites excluding steroid dienone is 2. The van der Waals surface area contributed by atoms with Crippen molar-refractivity contribution in [3.63, 3.8) is 0 Å². The monoisotopic (exact) mass is 361 g/mol. The maximum absolute atomic E-state index is 12.3. The zero-order valence-corrected chi connectivity index (χ0v) is 15.5. The van der Waals surface area contributed by atoms with Gasteiger partial charge in [0, 0.05) is 18.6 Å². The fourth-order valence-electron chi connectivity index (χ4n) is 2.99. The Labute approximate surface area is 154 Å². The van der Waals surface area contributed by atoms with Crippen LogP contribution in [0.1, 0.15) is 38.7 Å². The molecule has 26 heavy (non-hydrogen) atoms. The summed E-state index contributed by atoms with van der Waals surface area (Å²) < 4.78 is 11.2. The van der Waals surface area contributed by atoms with E-state index in [1.807, 2.05) is 32.0 Å². The van der Waals surface area contributed by atoms with Crippen molar-refractivity contribution in [2.75, 3.05) is 26.4 Å². The standard InChI is InChI=1S/C20H27NO5/c1-3-25-18-9-8-14(13-19(18)26-4-2)12-17(24)20-15(21-10-11-22)6-5-7-16(20)23/h8-9,13,22,24H,3-7,10-12H2,1-2H3. The SMILES string of the molecule is CCOc1ccc(CC(O)=C2C(=O)CCCC2=NCCO)cc1OCC. The highest BCUT2D eigenvalue weighted by atomic mass is 16.5. The second kappa shape index (κ2) is 9.97. The fraction of sp³-hybridized carbons (Fsp3) is 0.500. The third-order valence-electron chi connectivity index (χ3n) is 4.06. The van der Waals surface area contributed by atoms with E-state index < -0.39 is 0 Å². The summed E-state index contributed by atoms with van der Waals surface area (Å²) >= 11 is 0. The lowest BCUT2D eigenvalue weighted by Gasteiger charge is -2.18. The molecule has 142 valence electrons. The van der Waals surface area contributed by atoms with E-state index in [2.05, 4.69) is 4.99 Å². The first-order valence-electron chi connectivity index (χ1n) is 9.09. The number of aliphatic imine (C=N–C) groups is 1. The lowest BCUT2D eigenvalue weighted by Crippen LogP contribution is -2.22. The maximum Gasteiger partial charge on any atom is 0.168 e. The van der Waals surface area contributed by atoms with Gasteiger partial charge in [0.2, 0.25) is 0 Å². The average molecular weight is 361 g/mol. The molecule has 0 amide bonds. The zero-order valence-electron chi connectivity index (χ0n) is 15.5. The van der Waals surface area contributed by atoms with Crippen LogP contribution in [0.4, 0.5) is 0 Å². The van der Waals surface area contributed by atoms with Crippen LogP contribution in [0.25, 0.3) is 0 Å². The van der Waals surface area contributed by atoms with Crippen LogP contribution in [-0.2, 0) is 11.2 Å². The van der Waals surface area contributed by atoms with Crippen LogP contribution >= 0.6 is 0 Å². The third-order valence-corrected chi connectivity index (χ3v) is 4.06. The number of benzene rings is 1. The smallest absolute Gasteiger partial charge is 0.168 e. The third kappa shape index (κ3) is 5.08. The number of hydrogen-bond acceptors (Lipinski definition) is 6. The quantitative estimate of drug-likeness (QED) is 0.549. The molecule has 2 rings (SSSR count). The minimum absolute atomic E-state index is 0.0120. The van der Waals surface area contributed by atoms with Crippen LogP contribution in [0.15, 0.2) is 34.5 Å². The maximum atomic E-state index is 12.3. The Bertz CT molecular complexity index is 693. The molecular formula is C20H27NO5. The van der Waals surface area contributed by atoms with Gasteiger partial charge in [0.1, 0.15) is 5.76 Å². The Hall–Kier alpha value is -2.34. The van der Waals surface area contributed by atoms with Gasteiger partial charge in [-0.2, -0.15) is 0 Å². The molecule has 1 fully saturated rings. The van der Waals surface area contributed by atoms with Gasteiger partial charge in [-0.3, -0.25) is 9.79 Å². The van der Waals surface area contributed by atoms with Crippen LogP contribution in [-0.4, -0.2) is 48.1 Å². The first-order valence-corrected chi connectivity index (χ1v) is 9.09. The van der Waals surface area contributed by atoms with E-state index in [-0.39, 0.29) is 31.1 Å². The number of Topliss-reactive ketones (excluding diaryl/α,β-unsaturated/α-hetero) is 1. The van der Waals surface area contributed by atoms with Gasteiger partial charge < -0.3 is 19.7 Å². The Balaban J connectivity index is 2.30. The highest BCUT2D eigenvalue weighted by Gasteiger charge is 2.25. The van der Waals surface area contributed by atoms with Crippen LogP contribution in [0.5, 0.6) is 11.5 Å². The Morgan fingerprint density at radius 2 is 1.88 bits per heavy atom. The molecule has 1 aliphatic carbocycles. The second-order valence-electron chi connectivity index (χ2n) is 5.97. The van der Waals surface area contributed by atoms with Gasteiger partial charge in [-0.1, -0.05) is 6.07 Å². The van der Waals surface area contributed by atoms with Crippen LogP contribution in [0, 0.1) is 0 Å². The summed E-state index contributed by atoms with van der Waals surface area (Å²) in [5, 5.41) is 19.6. The number of aliphatic hydroxyl groups is 2. The molecule has 6 heteroatoms. The lowest BCUT2D eigenvalue weighted by atomic mass is 9.89. The van der Waals surface area contributed by atoms with Crippen LogP contribution in [0.2, 0.25) is 0 Å². The van der Waals surface area contributed by atoms with Crippen molar-refractivity contribution < 1.29 is 24.5 Å². The summed E-state index contributed by atoms with van der Waals surface area (Å²) in [6.45, 7) is 4.99. The van der Waals surface area contributed by atoms with Gasteiger partial charge in [0.15, 0.2) is 17.3 Å². The summed E-state index contributed by atoms with van der Waals surface area (Å²) in [6, 6.07) is 5.48. The van der Waals surface area contributed by atoms with Gasteiger partial charge in [0.05, 0.1) is 31.9 Å². The van der Waals surface area contributed by atoms with Crippen molar-refractivity contribution >= 4 is 11.5 Å². The fourth-order valence-corrected chi connectivity index (χ4v) is 2.99. The van der Waals surface area contributed by atoms with E-state index in [1.54, 1.807) is 0 Å². The van der Waals surface area contributed by atoms with Crippen LogP contribution < -0.4 is 9.47 Å². The van der Waals surface area contributed by atoms with Gasteiger partial charge in [-0.25, -0.2) is 0 Å². The number of nitrogens with zero attached hydrogens (tertiary/aromatic N) is 1. The molecule has 0 spiro atoms. The summed E-state index contributed by atoms with van der Waals surface area (Å²) in [6.07, 6.45) is 1.98. The molecule has 0 saturated heterocycles. The van der Waals surface area contributed by atoms with E-state index in [1.165, 1.54) is 0 Å². The number of carbonyl (C=O) groups is 1. The summed E-state index contributed by atoms with van der Waals surface area (Å²) in [5.41, 5.74) is 1.71. The molecule has 1 aliphatic rings. The Morgan fingerprint density at radius 3 is 2.58 bits per heavy atom. The molecule has 1 saturated carbocycles. The normalized spacial score (nSPS) is 18.1. The highest BCUT2D eigenvalue weighted by Crippen LogP contribution is 2.30. The van der Waals surface area contributed by atoms with Crippen molar-refractivity contribution in [3.8, 4) is 11.5 Å². The highest BCUT2D eigenvalue weighted by molar-refractivity contribution is 6.24. The zero-order chi connectivity index (χ0) is 18.9. The van der Waals surface area contributed by atoms with E-state index in [4.69, 9.17) is 14.6 Å². The average Bonchev–Trinajstić information content (AvgIpc) is 2.62. The molecule has 0 unspecified atom stereocenters. The van der Waals surface area contributed by atoms with E-state index >= 15 is 0 Å². The molecule has 6 nitrogen and oxygen atoms in total. The van der Waals surface area contributed by atoms with Crippen molar-refractivity contribution in [3.05, 3.63) is 35.1 Å². The summed E-state index contributed by atoms with van der Waals surface area (Å²) in [7, 11) is 0. The molecule has 0 bridgehead atoms. The lowest BCUT2D eigenvalue weighted by molar-refractivity contribution is -0.115. The topological polar surface area (TPSA) is 88.4 Å². The minimum atomic E-state index is -0.0959. The number of hydrogen-bond donors (Lipinski definition) is 2. The number of ketones is 1. The number of carbonyl (C=O) groups excluding carboxylic acids is 1. The van der Waals surface area contributed by atoms with Crippen molar-refractivity contribution in [1.29, 1.82) is 0 Å². The van der Waals surface area contributed by atoms with Gasteiger partial charge in [-0.15, -0.1) is 0 Å². The Kier molecular flexibility index (Phi) is 7.66. The first kappa shape index (κ1) is 20.0. The number of ether oxygens (including phenoxy) is 2. The molecule has 1 aromatic carbocycles. The molecular weight excluding hydrogens is 334 g/mol. The van der Waals surface area contributed by atoms with E-state index in [0.29, 0.717) is 48.8 Å². The van der Waals surface area contributed by atoms with Gasteiger partial charge in [0.25, 0.3) is 0 Å². The van der Waals surface area contributed by atoms with Crippen molar-refractivity contribution in [2.24, 2.45) is 4.99 Å². The summed E-state index contributed by atoms with van der Waals surface area (Å²) in [5.74, 6) is 1.19. The van der Waals surface area contributed by atoms with E-state index in [9.17, 15) is 9.90 Å². The predicted molar refractivity (Wildman–Crippen MR) is 100 cm³/mol. The largest absolute Gasteiger partial charge is 0.511 e. The molecule has 0 atom stereocenters. The second-order valence-corrected chi connectivity index (χ2v) is 5.97. The first-order chi connectivity index (χ1) is 12.6. The summed E-state index contributed by atoms with van der Waals surface area (Å²) in [4.78, 5) is 16.6. The minimum Gasteiger partial charge on any atom is -0.511 e. The molecule has 2 N–H and O–H groups in total. The predicted octanol–water partition coefficient (Wildman–Crippen LogP) is 3.02. The number of aliphatic hydroxyl groups excluding tert-OH is 2. The van der Waals surface area contributed by atoms with Crippen LogP contribution in [0.3, 0.4) is 0 Å². The van der Waals surface area contributed by atoms with Gasteiger partial charge >= 0.3 is 0 Å². The van der Waals surface area contributed by atoms with Crippen molar-refractivity contribution in [1.82, 2.24) is 0 Å². The molecule has 1 aromatic rings.